The van der Waals surface area contributed by atoms with E-state index >= 15 is 0 Å². The van der Waals surface area contributed by atoms with E-state index in [0.717, 1.165) is 13.0 Å². The number of hydrogen-bond donors (Lipinski definition) is 1. The van der Waals surface area contributed by atoms with Crippen molar-refractivity contribution in [2.75, 3.05) is 18.1 Å². The van der Waals surface area contributed by atoms with Crippen molar-refractivity contribution < 1.29 is 4.21 Å². The van der Waals surface area contributed by atoms with Gasteiger partial charge in [-0.2, -0.15) is 0 Å². The highest BCUT2D eigenvalue weighted by Crippen LogP contribution is 2.06. The Morgan fingerprint density at radius 2 is 2.27 bits per heavy atom. The molecule has 0 amide bonds. The molecular formula is C9H14ClN3OS. The van der Waals surface area contributed by atoms with Crippen molar-refractivity contribution in [3.05, 3.63) is 17.3 Å². The number of rotatable bonds is 5. The van der Waals surface area contributed by atoms with Crippen LogP contribution in [-0.2, 0) is 10.8 Å². The Kier molecular flexibility index (Phi) is 4.98. The molecule has 0 aliphatic carbocycles. The Morgan fingerprint density at radius 1 is 1.53 bits per heavy atom. The second kappa shape index (κ2) is 6.02. The highest BCUT2D eigenvalue weighted by atomic mass is 35.5. The quantitative estimate of drug-likeness (QED) is 0.861. The molecule has 15 heavy (non-hydrogen) atoms. The Hall–Kier alpha value is -0.680. The number of nitrogens with one attached hydrogen (secondary N) is 1. The van der Waals surface area contributed by atoms with Gasteiger partial charge in [-0.15, -0.1) is 10.2 Å². The summed E-state index contributed by atoms with van der Waals surface area (Å²) in [7, 11) is -0.769. The first kappa shape index (κ1) is 12.4. The fourth-order valence-corrected chi connectivity index (χ4v) is 1.53. The fraction of sp³-hybridized carbons (Fsp3) is 0.556. The van der Waals surface area contributed by atoms with Crippen molar-refractivity contribution in [1.82, 2.24) is 10.2 Å². The molecule has 2 unspecified atom stereocenters. The molecule has 0 aromatic carbocycles. The Labute approximate surface area is 96.9 Å². The summed E-state index contributed by atoms with van der Waals surface area (Å²) in [6.45, 7) is 2.70. The van der Waals surface area contributed by atoms with Gasteiger partial charge in [0.1, 0.15) is 5.82 Å². The van der Waals surface area contributed by atoms with Crippen LogP contribution in [0.5, 0.6) is 0 Å². The lowest BCUT2D eigenvalue weighted by molar-refractivity contribution is 0.672. The average Bonchev–Trinajstić information content (AvgIpc) is 2.20. The van der Waals surface area contributed by atoms with Crippen LogP contribution in [0.3, 0.4) is 0 Å². The molecule has 0 fully saturated rings. The van der Waals surface area contributed by atoms with Crippen LogP contribution < -0.4 is 5.32 Å². The molecule has 0 aliphatic heterocycles. The second-order valence-electron chi connectivity index (χ2n) is 3.27. The van der Waals surface area contributed by atoms with E-state index in [1.54, 1.807) is 18.4 Å². The highest BCUT2D eigenvalue weighted by Gasteiger charge is 2.05. The summed E-state index contributed by atoms with van der Waals surface area (Å²) in [4.78, 5) is 0. The van der Waals surface area contributed by atoms with Crippen LogP contribution in [0.1, 0.15) is 13.3 Å². The molecule has 1 aromatic rings. The standard InChI is InChI=1S/C9H14ClN3OS/c1-7(15(2)14)5-6-11-9-4-3-8(10)12-13-9/h3-4,7H,5-6H2,1-2H3,(H,11,13). The van der Waals surface area contributed by atoms with Crippen LogP contribution in [0.4, 0.5) is 5.82 Å². The molecule has 0 saturated carbocycles. The van der Waals surface area contributed by atoms with Crippen LogP contribution >= 0.6 is 11.6 Å². The van der Waals surface area contributed by atoms with Gasteiger partial charge in [-0.1, -0.05) is 18.5 Å². The van der Waals surface area contributed by atoms with Crippen molar-refractivity contribution in [2.45, 2.75) is 18.6 Å². The Bertz CT molecular complexity index is 331. The smallest absolute Gasteiger partial charge is 0.151 e. The number of nitrogens with zero attached hydrogens (tertiary/aromatic N) is 2. The average molecular weight is 248 g/mol. The summed E-state index contributed by atoms with van der Waals surface area (Å²) < 4.78 is 11.1. The van der Waals surface area contributed by atoms with Gasteiger partial charge in [0.15, 0.2) is 5.15 Å². The molecule has 84 valence electrons. The number of anilines is 1. The lowest BCUT2D eigenvalue weighted by atomic mass is 10.3. The molecule has 0 aliphatic rings. The first-order chi connectivity index (χ1) is 7.09. The van der Waals surface area contributed by atoms with Gasteiger partial charge in [-0.25, -0.2) is 0 Å². The second-order valence-corrected chi connectivity index (χ2v) is 5.46. The van der Waals surface area contributed by atoms with E-state index in [4.69, 9.17) is 11.6 Å². The van der Waals surface area contributed by atoms with Crippen molar-refractivity contribution in [1.29, 1.82) is 0 Å². The zero-order valence-electron chi connectivity index (χ0n) is 8.74. The van der Waals surface area contributed by atoms with Gasteiger partial charge in [0, 0.05) is 28.9 Å². The molecule has 0 saturated heterocycles. The number of halogens is 1. The minimum atomic E-state index is -0.769. The maximum absolute atomic E-state index is 11.1. The summed E-state index contributed by atoms with van der Waals surface area (Å²) in [5.41, 5.74) is 0. The molecular weight excluding hydrogens is 234 g/mol. The summed E-state index contributed by atoms with van der Waals surface area (Å²) in [6, 6.07) is 3.45. The predicted molar refractivity (Wildman–Crippen MR) is 63.7 cm³/mol. The van der Waals surface area contributed by atoms with Gasteiger partial charge >= 0.3 is 0 Å². The van der Waals surface area contributed by atoms with Crippen LogP contribution in [0.15, 0.2) is 12.1 Å². The summed E-state index contributed by atoms with van der Waals surface area (Å²) in [5, 5.41) is 11.2. The van der Waals surface area contributed by atoms with Gasteiger partial charge < -0.3 is 5.32 Å². The van der Waals surface area contributed by atoms with Crippen molar-refractivity contribution in [2.24, 2.45) is 0 Å². The van der Waals surface area contributed by atoms with Crippen LogP contribution in [-0.4, -0.2) is 32.5 Å². The van der Waals surface area contributed by atoms with E-state index < -0.39 is 10.8 Å². The molecule has 1 rings (SSSR count). The molecule has 4 nitrogen and oxygen atoms in total. The first-order valence-electron chi connectivity index (χ1n) is 4.65. The normalized spacial score (nSPS) is 14.6. The van der Waals surface area contributed by atoms with Crippen LogP contribution in [0, 0.1) is 0 Å². The third kappa shape index (κ3) is 4.57. The summed E-state index contributed by atoms with van der Waals surface area (Å²) in [5.74, 6) is 0.688. The van der Waals surface area contributed by atoms with Gasteiger partial charge in [0.05, 0.1) is 0 Å². The number of aromatic nitrogens is 2. The summed E-state index contributed by atoms with van der Waals surface area (Å²) in [6.07, 6.45) is 2.56. The van der Waals surface area contributed by atoms with E-state index in [2.05, 4.69) is 15.5 Å². The third-order valence-electron chi connectivity index (χ3n) is 2.06. The fourth-order valence-electron chi connectivity index (χ4n) is 0.980. The van der Waals surface area contributed by atoms with Gasteiger partial charge in [0.2, 0.25) is 0 Å². The molecule has 0 spiro atoms. The SMILES string of the molecule is CC(CCNc1ccc(Cl)nn1)S(C)=O. The predicted octanol–water partition coefficient (Wildman–Crippen LogP) is 1.70. The van der Waals surface area contributed by atoms with Crippen LogP contribution in [0.25, 0.3) is 0 Å². The molecule has 6 heteroatoms. The van der Waals surface area contributed by atoms with Gasteiger partial charge in [0.25, 0.3) is 0 Å². The van der Waals surface area contributed by atoms with E-state index in [0.29, 0.717) is 11.0 Å². The maximum atomic E-state index is 11.1. The molecule has 1 heterocycles. The van der Waals surface area contributed by atoms with E-state index in [-0.39, 0.29) is 5.25 Å². The monoisotopic (exact) mass is 247 g/mol. The largest absolute Gasteiger partial charge is 0.369 e. The van der Waals surface area contributed by atoms with Gasteiger partial charge in [-0.3, -0.25) is 4.21 Å². The van der Waals surface area contributed by atoms with Crippen molar-refractivity contribution in [3.63, 3.8) is 0 Å². The summed E-state index contributed by atoms with van der Waals surface area (Å²) >= 11 is 5.60. The maximum Gasteiger partial charge on any atom is 0.151 e. The number of hydrogen-bond acceptors (Lipinski definition) is 4. The van der Waals surface area contributed by atoms with Crippen LogP contribution in [0.2, 0.25) is 5.15 Å². The lowest BCUT2D eigenvalue weighted by Crippen LogP contribution is -2.15. The van der Waals surface area contributed by atoms with Crippen molar-refractivity contribution in [3.8, 4) is 0 Å². The topological polar surface area (TPSA) is 54.9 Å². The van der Waals surface area contributed by atoms with E-state index in [1.165, 1.54) is 0 Å². The van der Waals surface area contributed by atoms with E-state index in [1.807, 2.05) is 6.92 Å². The molecule has 2 atom stereocenters. The van der Waals surface area contributed by atoms with Gasteiger partial charge in [-0.05, 0) is 18.6 Å². The minimum absolute atomic E-state index is 0.192. The Balaban J connectivity index is 2.32. The minimum Gasteiger partial charge on any atom is -0.369 e. The molecule has 0 bridgehead atoms. The highest BCUT2D eigenvalue weighted by molar-refractivity contribution is 7.84. The third-order valence-corrected chi connectivity index (χ3v) is 3.63. The zero-order valence-corrected chi connectivity index (χ0v) is 10.3. The van der Waals surface area contributed by atoms with E-state index in [9.17, 15) is 4.21 Å². The molecule has 0 radical (unpaired) electrons. The van der Waals surface area contributed by atoms with Crippen molar-refractivity contribution >= 4 is 28.2 Å². The Morgan fingerprint density at radius 3 is 2.80 bits per heavy atom. The zero-order chi connectivity index (χ0) is 11.3. The molecule has 1 N–H and O–H groups in total. The molecule has 1 aromatic heterocycles. The lowest BCUT2D eigenvalue weighted by Gasteiger charge is -2.08. The first-order valence-corrected chi connectivity index (χ1v) is 6.65.